The first kappa shape index (κ1) is 21.8. The number of rotatable bonds is 5. The number of benzene rings is 2. The normalized spacial score (nSPS) is 18.1. The molecule has 0 aromatic heterocycles. The maximum Gasteiger partial charge on any atom is 0.270 e. The number of thiocarbonyl (C=S) groups is 1. The van der Waals surface area contributed by atoms with Crippen LogP contribution in [0.3, 0.4) is 0 Å². The Balaban J connectivity index is 1.70. The second kappa shape index (κ2) is 9.40. The summed E-state index contributed by atoms with van der Waals surface area (Å²) in [5.41, 5.74) is 2.14. The van der Waals surface area contributed by atoms with Crippen LogP contribution in [0.2, 0.25) is 0 Å². The third-order valence-corrected chi connectivity index (χ3v) is 5.95. The summed E-state index contributed by atoms with van der Waals surface area (Å²) < 4.78 is 11.0. The molecule has 0 radical (unpaired) electrons. The molecule has 1 N–H and O–H groups in total. The van der Waals surface area contributed by atoms with E-state index in [1.165, 1.54) is 31.3 Å². The summed E-state index contributed by atoms with van der Waals surface area (Å²) in [6.45, 7) is 2.02. The van der Waals surface area contributed by atoms with E-state index in [4.69, 9.17) is 21.7 Å². The average molecular weight is 452 g/mol. The minimum Gasteiger partial charge on any atom is -0.496 e. The number of hydrogen-bond acceptors (Lipinski definition) is 6. The van der Waals surface area contributed by atoms with Crippen LogP contribution >= 0.6 is 12.2 Å². The highest BCUT2D eigenvalue weighted by atomic mass is 32.1. The van der Waals surface area contributed by atoms with Gasteiger partial charge in [-0.25, -0.2) is 4.90 Å². The minimum absolute atomic E-state index is 0.00839. The van der Waals surface area contributed by atoms with Gasteiger partial charge in [0.25, 0.3) is 11.8 Å². The quantitative estimate of drug-likeness (QED) is 0.426. The Kier molecular flexibility index (Phi) is 6.41. The van der Waals surface area contributed by atoms with Gasteiger partial charge in [-0.05, 0) is 61.8 Å². The molecule has 7 nitrogen and oxygen atoms in total. The second-order valence-electron chi connectivity index (χ2n) is 7.60. The van der Waals surface area contributed by atoms with E-state index in [0.717, 1.165) is 18.8 Å². The van der Waals surface area contributed by atoms with Crippen molar-refractivity contribution in [2.45, 2.75) is 19.3 Å². The Hall–Kier alpha value is -3.39. The smallest absolute Gasteiger partial charge is 0.270 e. The topological polar surface area (TPSA) is 71.1 Å². The van der Waals surface area contributed by atoms with E-state index < -0.39 is 11.8 Å². The molecule has 2 aromatic carbocycles. The van der Waals surface area contributed by atoms with Crippen molar-refractivity contribution in [3.05, 3.63) is 53.6 Å². The van der Waals surface area contributed by atoms with E-state index in [1.807, 2.05) is 18.2 Å². The molecule has 2 fully saturated rings. The van der Waals surface area contributed by atoms with Crippen molar-refractivity contribution < 1.29 is 19.1 Å². The molecule has 32 heavy (non-hydrogen) atoms. The SMILES string of the molecule is COc1cc(N2CCCCC2)ccc1/C=C1\C(=O)NC(=S)N(c2ccccc2OC)C1=O. The number of para-hydroxylation sites is 2. The number of hydrogen-bond donors (Lipinski definition) is 1. The average Bonchev–Trinajstić information content (AvgIpc) is 2.82. The highest BCUT2D eigenvalue weighted by Crippen LogP contribution is 2.33. The molecule has 2 aliphatic rings. The van der Waals surface area contributed by atoms with Gasteiger partial charge >= 0.3 is 0 Å². The van der Waals surface area contributed by atoms with Gasteiger partial charge in [-0.15, -0.1) is 0 Å². The summed E-state index contributed by atoms with van der Waals surface area (Å²) in [6, 6.07) is 12.8. The Morgan fingerprint density at radius 3 is 2.41 bits per heavy atom. The standard InChI is InChI=1S/C24H25N3O4S/c1-30-20-9-5-4-8-19(20)27-23(29)18(22(28)25-24(27)32)14-16-10-11-17(15-21(16)31-2)26-12-6-3-7-13-26/h4-5,8-11,14-15H,3,6-7,12-13H2,1-2H3,(H,25,28,32)/b18-14+. The van der Waals surface area contributed by atoms with Crippen LogP contribution in [0.25, 0.3) is 6.08 Å². The highest BCUT2D eigenvalue weighted by Gasteiger charge is 2.36. The Bertz CT molecular complexity index is 1090. The van der Waals surface area contributed by atoms with E-state index in [-0.39, 0.29) is 10.7 Å². The van der Waals surface area contributed by atoms with E-state index in [0.29, 0.717) is 22.7 Å². The van der Waals surface area contributed by atoms with Crippen molar-refractivity contribution in [3.63, 3.8) is 0 Å². The number of piperidine rings is 1. The molecular weight excluding hydrogens is 426 g/mol. The molecule has 4 rings (SSSR count). The molecule has 2 heterocycles. The van der Waals surface area contributed by atoms with Gasteiger partial charge in [0.1, 0.15) is 17.1 Å². The maximum absolute atomic E-state index is 13.3. The number of methoxy groups -OCH3 is 2. The zero-order valence-electron chi connectivity index (χ0n) is 18.1. The van der Waals surface area contributed by atoms with Crippen molar-refractivity contribution in [2.24, 2.45) is 0 Å². The number of anilines is 2. The first-order valence-electron chi connectivity index (χ1n) is 10.5. The number of ether oxygens (including phenoxy) is 2. The van der Waals surface area contributed by atoms with Crippen LogP contribution in [-0.2, 0) is 9.59 Å². The lowest BCUT2D eigenvalue weighted by molar-refractivity contribution is -0.122. The fourth-order valence-electron chi connectivity index (χ4n) is 4.01. The van der Waals surface area contributed by atoms with Crippen LogP contribution in [0, 0.1) is 0 Å². The molecule has 0 unspecified atom stereocenters. The van der Waals surface area contributed by atoms with Gasteiger partial charge in [0.2, 0.25) is 0 Å². The molecule has 0 spiro atoms. The zero-order valence-corrected chi connectivity index (χ0v) is 18.9. The van der Waals surface area contributed by atoms with Crippen LogP contribution in [0.5, 0.6) is 11.5 Å². The molecule has 0 aliphatic carbocycles. The van der Waals surface area contributed by atoms with Gasteiger partial charge in [0, 0.05) is 30.4 Å². The third-order valence-electron chi connectivity index (χ3n) is 5.67. The Morgan fingerprint density at radius 1 is 0.969 bits per heavy atom. The summed E-state index contributed by atoms with van der Waals surface area (Å²) >= 11 is 5.29. The highest BCUT2D eigenvalue weighted by molar-refractivity contribution is 7.80. The fraction of sp³-hybridized carbons (Fsp3) is 0.292. The van der Waals surface area contributed by atoms with Gasteiger partial charge < -0.3 is 14.4 Å². The third kappa shape index (κ3) is 4.18. The Labute approximate surface area is 192 Å². The number of carbonyl (C=O) groups excluding carboxylic acids is 2. The minimum atomic E-state index is -0.548. The lowest BCUT2D eigenvalue weighted by Gasteiger charge is -2.30. The predicted octanol–water partition coefficient (Wildman–Crippen LogP) is 3.53. The molecule has 0 bridgehead atoms. The molecule has 2 saturated heterocycles. The van der Waals surface area contributed by atoms with Crippen LogP contribution < -0.4 is 24.6 Å². The molecule has 2 aromatic rings. The van der Waals surface area contributed by atoms with Gasteiger partial charge in [-0.1, -0.05) is 12.1 Å². The van der Waals surface area contributed by atoms with Gasteiger partial charge in [-0.3, -0.25) is 14.9 Å². The first-order chi connectivity index (χ1) is 15.5. The van der Waals surface area contributed by atoms with E-state index in [2.05, 4.69) is 10.2 Å². The van der Waals surface area contributed by atoms with Crippen LogP contribution in [0.4, 0.5) is 11.4 Å². The predicted molar refractivity (Wildman–Crippen MR) is 128 cm³/mol. The van der Waals surface area contributed by atoms with E-state index >= 15 is 0 Å². The van der Waals surface area contributed by atoms with Crippen molar-refractivity contribution in [2.75, 3.05) is 37.1 Å². The van der Waals surface area contributed by atoms with E-state index in [1.54, 1.807) is 37.5 Å². The summed E-state index contributed by atoms with van der Waals surface area (Å²) in [5, 5.41) is 2.61. The molecule has 2 aliphatic heterocycles. The van der Waals surface area contributed by atoms with Gasteiger partial charge in [0.05, 0.1) is 19.9 Å². The fourth-order valence-corrected chi connectivity index (χ4v) is 4.29. The maximum atomic E-state index is 13.3. The van der Waals surface area contributed by atoms with Gasteiger partial charge in [-0.2, -0.15) is 0 Å². The van der Waals surface area contributed by atoms with Crippen LogP contribution in [0.15, 0.2) is 48.0 Å². The zero-order chi connectivity index (χ0) is 22.7. The monoisotopic (exact) mass is 451 g/mol. The molecule has 2 amide bonds. The number of nitrogens with one attached hydrogen (secondary N) is 1. The molecule has 0 atom stereocenters. The molecule has 166 valence electrons. The summed E-state index contributed by atoms with van der Waals surface area (Å²) in [5.74, 6) is -0.000882. The van der Waals surface area contributed by atoms with E-state index in [9.17, 15) is 9.59 Å². The lowest BCUT2D eigenvalue weighted by atomic mass is 10.0. The van der Waals surface area contributed by atoms with Gasteiger partial charge in [0.15, 0.2) is 5.11 Å². The summed E-state index contributed by atoms with van der Waals surface area (Å²) in [7, 11) is 3.09. The van der Waals surface area contributed by atoms with Crippen molar-refractivity contribution in [1.82, 2.24) is 5.32 Å². The molecular formula is C24H25N3O4S. The van der Waals surface area contributed by atoms with Crippen molar-refractivity contribution in [1.29, 1.82) is 0 Å². The number of amides is 2. The van der Waals surface area contributed by atoms with Crippen molar-refractivity contribution in [3.8, 4) is 11.5 Å². The molecule has 0 saturated carbocycles. The lowest BCUT2D eigenvalue weighted by Crippen LogP contribution is -2.54. The van der Waals surface area contributed by atoms with Crippen molar-refractivity contribution >= 4 is 46.6 Å². The largest absolute Gasteiger partial charge is 0.496 e. The Morgan fingerprint density at radius 2 is 1.69 bits per heavy atom. The number of nitrogens with zero attached hydrogens (tertiary/aromatic N) is 2. The van der Waals surface area contributed by atoms with Crippen LogP contribution in [0.1, 0.15) is 24.8 Å². The van der Waals surface area contributed by atoms with Crippen LogP contribution in [-0.4, -0.2) is 44.2 Å². The summed E-state index contributed by atoms with van der Waals surface area (Å²) in [6.07, 6.45) is 5.13. The first-order valence-corrected chi connectivity index (χ1v) is 10.9. The molecule has 8 heteroatoms. The number of carbonyl (C=O) groups is 2. The summed E-state index contributed by atoms with van der Waals surface area (Å²) in [4.78, 5) is 29.6. The second-order valence-corrected chi connectivity index (χ2v) is 7.99.